The van der Waals surface area contributed by atoms with Crippen LogP contribution >= 0.6 is 0 Å². The number of hydrogen-bond donors (Lipinski definition) is 17. The molecule has 0 radical (unpaired) electrons. The predicted molar refractivity (Wildman–Crippen MR) is 353 cm³/mol. The van der Waals surface area contributed by atoms with Crippen LogP contribution < -0.4 is 5.32 Å². The molecule has 17 N–H and O–H groups in total. The second-order valence-electron chi connectivity index (χ2n) is 27.7. The highest BCUT2D eigenvalue weighted by atomic mass is 16.8. The number of nitrogens with one attached hydrogen (secondary N) is 1. The predicted octanol–water partition coefficient (Wildman–Crippen LogP) is -12.9. The molecule has 8 rings (SSSR count). The van der Waals surface area contributed by atoms with E-state index in [0.717, 1.165) is 69.6 Å². The maximum Gasteiger partial charge on any atom is 0.335 e. The molecule has 116 heavy (non-hydrogen) atoms. The summed E-state index contributed by atoms with van der Waals surface area (Å²) < 4.78 is 137. The van der Waals surface area contributed by atoms with Crippen LogP contribution in [0, 0.1) is 0 Å². The molecule has 40 atom stereocenters. The molecule has 0 aromatic heterocycles. The Bertz CT molecular complexity index is 3250. The molecular weight excluding hydrogens is 1590 g/mol. The average molecular weight is 1690 g/mol. The van der Waals surface area contributed by atoms with Crippen LogP contribution in [0.5, 0.6) is 0 Å². The van der Waals surface area contributed by atoms with Gasteiger partial charge in [-0.05, 0) is 0 Å². The molecule has 664 valence electrons. The Balaban J connectivity index is 1.00. The van der Waals surface area contributed by atoms with Gasteiger partial charge in [0.15, 0.2) is 99.2 Å². The molecule has 50 heteroatoms. The highest BCUT2D eigenvalue weighted by Gasteiger charge is 2.63. The second kappa shape index (κ2) is 42.4. The number of aliphatic hydroxyl groups is 15. The van der Waals surface area contributed by atoms with E-state index in [9.17, 15) is 125 Å². The maximum atomic E-state index is 13.3. The van der Waals surface area contributed by atoms with E-state index >= 15 is 0 Å². The minimum atomic E-state index is -2.55. The summed E-state index contributed by atoms with van der Waals surface area (Å²) in [5, 5.41) is 183. The maximum absolute atomic E-state index is 13.3. The molecule has 8 saturated heterocycles. The van der Waals surface area contributed by atoms with E-state index in [1.165, 1.54) is 0 Å². The zero-order chi connectivity index (χ0) is 85.9. The summed E-state index contributed by atoms with van der Waals surface area (Å²) in [4.78, 5) is 115. The number of methoxy groups -OCH3 is 2. The quantitative estimate of drug-likeness (QED) is 0.0220. The molecular formula is C66H101NO49. The van der Waals surface area contributed by atoms with Gasteiger partial charge in [-0.3, -0.25) is 38.4 Å². The van der Waals surface area contributed by atoms with E-state index in [4.69, 9.17) is 114 Å². The van der Waals surface area contributed by atoms with Crippen molar-refractivity contribution in [3.8, 4) is 0 Å². The number of carboxylic acid groups (broad SMARTS) is 1. The molecule has 8 aliphatic rings. The number of hydrogen-bond acceptors (Lipinski definition) is 48. The first-order chi connectivity index (χ1) is 54.8. The second-order valence-corrected chi connectivity index (χ2v) is 27.7. The Hall–Kier alpha value is -6.05. The fourth-order valence-electron chi connectivity index (χ4n) is 14.5. The normalized spacial score (nSPS) is 43.3. The zero-order valence-electron chi connectivity index (χ0n) is 63.7. The van der Waals surface area contributed by atoms with Gasteiger partial charge in [0.2, 0.25) is 5.91 Å². The monoisotopic (exact) mass is 1690 g/mol. The number of esters is 7. The van der Waals surface area contributed by atoms with Gasteiger partial charge in [0.05, 0.1) is 46.2 Å². The Morgan fingerprint density at radius 3 is 0.716 bits per heavy atom. The minimum absolute atomic E-state index is 0.782. The standard InChI is InChI=1S/C66H101NO49/c1-18(75)67-33-34(83)42(26(11-68)102-59(33)110-44-29(14-71)106-63(38(87)51(44)97-21(4)78)113-46-30(15-72)107-64(39(88)53(46)99-23(6)80)111-45-28(13-70)103-60(94-10)35(84)50(45)96-20(3)77)109-61-37(86)52(98-22(5)79)48(32(17-74)105-61)114-66-41(90)55(101-25(8)82)56(57(116-66)58(91)92)115-65-40(89)54(100-24(7)81)47(31(16-73)108-65)112-62-36(85)49(95-19(2)76)43(93-9)27(12-69)104-62/h26-57,59-66,68-74,83-90H,11-17H2,1-10H3,(H,67,75)(H,91,92)/t26-,27-,28-,29-,30-,31-,32-,33+,34+,35+,36+,37+,38+,39+,40+,41+,42-,43-,44-,45-,46-,47-,48-,49-,50-,51-,52-,53-,54-,55-,56+,57+,59+,60-,61+,62+,63+,64+,65+,66-/m1/s1. The first kappa shape index (κ1) is 95.4. The lowest BCUT2D eigenvalue weighted by atomic mass is 9.94. The smallest absolute Gasteiger partial charge is 0.335 e. The van der Waals surface area contributed by atoms with Gasteiger partial charge in [-0.2, -0.15) is 0 Å². The summed E-state index contributed by atoms with van der Waals surface area (Å²) in [5.41, 5.74) is 0. The molecule has 0 bridgehead atoms. The average Bonchev–Trinajstić information content (AvgIpc) is 0.763. The zero-order valence-corrected chi connectivity index (χ0v) is 63.7. The molecule has 8 fully saturated rings. The summed E-state index contributed by atoms with van der Waals surface area (Å²) in [5.74, 6) is -10.8. The van der Waals surface area contributed by atoms with Gasteiger partial charge < -0.3 is 201 Å². The third-order valence-corrected chi connectivity index (χ3v) is 19.4. The molecule has 0 aliphatic carbocycles. The molecule has 0 aromatic rings. The van der Waals surface area contributed by atoms with Crippen molar-refractivity contribution < 1.29 is 239 Å². The van der Waals surface area contributed by atoms with Crippen molar-refractivity contribution in [1.82, 2.24) is 5.32 Å². The van der Waals surface area contributed by atoms with Crippen molar-refractivity contribution >= 4 is 53.7 Å². The van der Waals surface area contributed by atoms with Crippen molar-refractivity contribution in [3.63, 3.8) is 0 Å². The summed E-state index contributed by atoms with van der Waals surface area (Å²) in [7, 11) is 2.27. The number of aliphatic carboxylic acids is 1. The molecule has 0 unspecified atom stereocenters. The molecule has 1 amide bonds. The number of carboxylic acids is 1. The molecule has 0 saturated carbocycles. The lowest BCUT2D eigenvalue weighted by Crippen LogP contribution is -2.70. The number of carbonyl (C=O) groups is 9. The van der Waals surface area contributed by atoms with Gasteiger partial charge in [0.1, 0.15) is 146 Å². The summed E-state index contributed by atoms with van der Waals surface area (Å²) in [6, 6.07) is -1.96. The van der Waals surface area contributed by atoms with E-state index in [1.54, 1.807) is 0 Å². The number of carbonyl (C=O) groups excluding carboxylic acids is 8. The van der Waals surface area contributed by atoms with Gasteiger partial charge in [0, 0.05) is 69.6 Å². The Morgan fingerprint density at radius 2 is 0.466 bits per heavy atom. The van der Waals surface area contributed by atoms with E-state index in [2.05, 4.69) is 5.32 Å². The minimum Gasteiger partial charge on any atom is -0.479 e. The molecule has 0 spiro atoms. The van der Waals surface area contributed by atoms with E-state index in [1.807, 2.05) is 0 Å². The van der Waals surface area contributed by atoms with Crippen molar-refractivity contribution in [2.24, 2.45) is 0 Å². The highest BCUT2D eigenvalue weighted by molar-refractivity contribution is 5.74. The SMILES string of the molecule is CO[C@@H]1O[C@H](CO)[C@@H](O[C@@H]2O[C@H](CO)[C@@H](O[C@@H]3O[C@H](CO)[C@@H](O[C@@H]4O[C@H](CO)[C@@H](O[C@@H]5O[C@H](CO)[C@@H](O[C@@H]6O[C@H](C(=O)O)[C@@H](O[C@@H]7O[C@H](CO)[C@@H](O[C@@H]8O[C@H](CO)[C@@H](OC)[C@H](OC(C)=O)[C@@H]8O)[C@H](OC(C)=O)[C@@H]7O)[C@H](OC(C)=O)[C@@H]6O)[C@H](OC(C)=O)[C@@H]5O)[C@@H](O)[C@@H]4NC(C)=O)[C@H](OC(C)=O)[C@@H]3O)[C@H](OC(C)=O)[C@@H]2O)[C@H](OC(C)=O)[C@@H]1O. The van der Waals surface area contributed by atoms with Crippen LogP contribution in [0.15, 0.2) is 0 Å². The van der Waals surface area contributed by atoms with Crippen molar-refractivity contribution in [3.05, 3.63) is 0 Å². The summed E-state index contributed by atoms with van der Waals surface area (Å²) in [6.07, 6.45) is -79.0. The highest BCUT2D eigenvalue weighted by Crippen LogP contribution is 2.42. The topological polar surface area (TPSA) is 711 Å². The lowest BCUT2D eigenvalue weighted by Gasteiger charge is -2.51. The Morgan fingerprint density at radius 1 is 0.259 bits per heavy atom. The first-order valence-electron chi connectivity index (χ1n) is 36.1. The van der Waals surface area contributed by atoms with Crippen molar-refractivity contribution in [2.45, 2.75) is 301 Å². The van der Waals surface area contributed by atoms with Crippen LogP contribution in [-0.4, -0.2) is 441 Å². The summed E-state index contributed by atoms with van der Waals surface area (Å²) >= 11 is 0. The first-order valence-corrected chi connectivity index (χ1v) is 36.1. The number of rotatable bonds is 32. The van der Waals surface area contributed by atoms with Crippen molar-refractivity contribution in [2.75, 3.05) is 60.5 Å². The summed E-state index contributed by atoms with van der Waals surface area (Å²) in [6.45, 7) is -0.498. The van der Waals surface area contributed by atoms with Crippen molar-refractivity contribution in [1.29, 1.82) is 0 Å². The van der Waals surface area contributed by atoms with Crippen LogP contribution in [0.1, 0.15) is 55.4 Å². The molecule has 0 aromatic carbocycles. The number of amides is 1. The third-order valence-electron chi connectivity index (χ3n) is 19.4. The van der Waals surface area contributed by atoms with Crippen LogP contribution in [0.4, 0.5) is 0 Å². The van der Waals surface area contributed by atoms with Crippen LogP contribution in [0.25, 0.3) is 0 Å². The molecule has 50 nitrogen and oxygen atoms in total. The van der Waals surface area contributed by atoms with E-state index in [0.29, 0.717) is 0 Å². The van der Waals surface area contributed by atoms with Crippen LogP contribution in [0.3, 0.4) is 0 Å². The van der Waals surface area contributed by atoms with E-state index < -0.39 is 345 Å². The fraction of sp³-hybridized carbons (Fsp3) is 0.864. The number of ether oxygens (including phenoxy) is 24. The van der Waals surface area contributed by atoms with Gasteiger partial charge in [-0.1, -0.05) is 0 Å². The molecule has 8 heterocycles. The number of aliphatic hydroxyl groups excluding tert-OH is 15. The fourth-order valence-corrected chi connectivity index (χ4v) is 14.5. The Kier molecular flexibility index (Phi) is 34.9. The van der Waals surface area contributed by atoms with Gasteiger partial charge in [-0.15, -0.1) is 0 Å². The van der Waals surface area contributed by atoms with E-state index in [-0.39, 0.29) is 0 Å². The van der Waals surface area contributed by atoms with Gasteiger partial charge in [-0.25, -0.2) is 4.79 Å². The largest absolute Gasteiger partial charge is 0.479 e. The third kappa shape index (κ3) is 22.2. The van der Waals surface area contributed by atoms with Crippen LogP contribution in [-0.2, 0) is 157 Å². The Labute approximate surface area is 657 Å². The van der Waals surface area contributed by atoms with Gasteiger partial charge >= 0.3 is 47.8 Å². The van der Waals surface area contributed by atoms with Gasteiger partial charge in [0.25, 0.3) is 0 Å². The lowest BCUT2D eigenvalue weighted by molar-refractivity contribution is -0.393. The molecule has 8 aliphatic heterocycles. The van der Waals surface area contributed by atoms with Crippen LogP contribution in [0.2, 0.25) is 0 Å².